The van der Waals surface area contributed by atoms with Gasteiger partial charge in [-0.2, -0.15) is 0 Å². The molecule has 1 amide bonds. The molecule has 0 bridgehead atoms. The van der Waals surface area contributed by atoms with Crippen LogP contribution in [0.15, 0.2) is 42.2 Å². The number of fused-ring (bicyclic) bond motifs is 1. The van der Waals surface area contributed by atoms with Crippen molar-refractivity contribution in [1.82, 2.24) is 14.9 Å². The summed E-state index contributed by atoms with van der Waals surface area (Å²) in [5, 5.41) is 5.17. The van der Waals surface area contributed by atoms with E-state index >= 15 is 0 Å². The van der Waals surface area contributed by atoms with Crippen LogP contribution in [0.3, 0.4) is 0 Å². The van der Waals surface area contributed by atoms with E-state index < -0.39 is 0 Å². The molecular weight excluding hydrogens is 368 g/mol. The maximum atomic E-state index is 12.7. The lowest BCUT2D eigenvalue weighted by molar-refractivity contribution is -0.121. The lowest BCUT2D eigenvalue weighted by Gasteiger charge is -2.32. The average Bonchev–Trinajstić information content (AvgIpc) is 3.22. The van der Waals surface area contributed by atoms with E-state index in [0.29, 0.717) is 11.7 Å². The summed E-state index contributed by atoms with van der Waals surface area (Å²) in [7, 11) is 0. The summed E-state index contributed by atoms with van der Waals surface area (Å²) in [5.74, 6) is 1.46. The number of carbonyl (C=O) groups excluding carboxylic acids is 1. The molecule has 1 saturated heterocycles. The van der Waals surface area contributed by atoms with Gasteiger partial charge in [0.05, 0.1) is 10.4 Å². The van der Waals surface area contributed by atoms with Crippen molar-refractivity contribution in [1.29, 1.82) is 0 Å². The number of hydrogen-bond acceptors (Lipinski definition) is 5. The van der Waals surface area contributed by atoms with Gasteiger partial charge in [-0.1, -0.05) is 26.0 Å². The SMILES string of the molecule is CC(C)CN1CCC(C(=O)Nc2cc3cc(-c4cncs4)ccc3cn2)CC1. The van der Waals surface area contributed by atoms with Gasteiger partial charge >= 0.3 is 0 Å². The molecule has 4 rings (SSSR count). The van der Waals surface area contributed by atoms with Gasteiger partial charge in [-0.15, -0.1) is 11.3 Å². The number of aromatic nitrogens is 2. The number of carbonyl (C=O) groups is 1. The number of benzene rings is 1. The van der Waals surface area contributed by atoms with Crippen LogP contribution in [0.4, 0.5) is 5.82 Å². The third-order valence-electron chi connectivity index (χ3n) is 5.27. The fourth-order valence-corrected chi connectivity index (χ4v) is 4.46. The van der Waals surface area contributed by atoms with Crippen LogP contribution in [0.2, 0.25) is 0 Å². The zero-order chi connectivity index (χ0) is 19.5. The first-order valence-corrected chi connectivity index (χ1v) is 10.8. The van der Waals surface area contributed by atoms with Crippen LogP contribution in [0, 0.1) is 11.8 Å². The number of pyridine rings is 1. The Labute approximate surface area is 169 Å². The quantitative estimate of drug-likeness (QED) is 0.683. The first-order valence-electron chi connectivity index (χ1n) is 9.90. The van der Waals surface area contributed by atoms with Gasteiger partial charge in [0.25, 0.3) is 0 Å². The van der Waals surface area contributed by atoms with Crippen LogP contribution in [0.25, 0.3) is 21.2 Å². The lowest BCUT2D eigenvalue weighted by atomic mass is 9.95. The molecule has 3 heterocycles. The van der Waals surface area contributed by atoms with E-state index in [1.807, 2.05) is 24.0 Å². The number of hydrogen-bond donors (Lipinski definition) is 1. The summed E-state index contributed by atoms with van der Waals surface area (Å²) in [6, 6.07) is 8.24. The molecule has 1 fully saturated rings. The third-order valence-corrected chi connectivity index (χ3v) is 6.09. The van der Waals surface area contributed by atoms with E-state index in [1.54, 1.807) is 11.3 Å². The summed E-state index contributed by atoms with van der Waals surface area (Å²) in [4.78, 5) is 24.9. The number of likely N-dealkylation sites (tertiary alicyclic amines) is 1. The standard InChI is InChI=1S/C22H26N4OS/c1-15(2)13-26-7-5-16(6-8-26)22(27)25-21-10-19-9-17(20-12-23-14-28-20)3-4-18(19)11-24-21/h3-4,9-12,14-16H,5-8,13H2,1-2H3,(H,24,25,27). The molecular formula is C22H26N4OS. The van der Waals surface area contributed by atoms with E-state index in [2.05, 4.69) is 52.2 Å². The highest BCUT2D eigenvalue weighted by atomic mass is 32.1. The molecule has 5 nitrogen and oxygen atoms in total. The van der Waals surface area contributed by atoms with Crippen molar-refractivity contribution in [2.24, 2.45) is 11.8 Å². The lowest BCUT2D eigenvalue weighted by Crippen LogP contribution is -2.39. The van der Waals surface area contributed by atoms with Gasteiger partial charge in [0.2, 0.25) is 5.91 Å². The minimum Gasteiger partial charge on any atom is -0.310 e. The molecule has 2 aromatic heterocycles. The van der Waals surface area contributed by atoms with Gasteiger partial charge in [-0.05, 0) is 54.9 Å². The second-order valence-electron chi connectivity index (χ2n) is 7.96. The molecule has 6 heteroatoms. The minimum atomic E-state index is 0.0736. The number of nitrogens with zero attached hydrogens (tertiary/aromatic N) is 3. The molecule has 0 spiro atoms. The van der Waals surface area contributed by atoms with Crippen molar-refractivity contribution >= 4 is 33.8 Å². The maximum absolute atomic E-state index is 12.7. The Morgan fingerprint density at radius 2 is 2.04 bits per heavy atom. The van der Waals surface area contributed by atoms with Crippen LogP contribution >= 0.6 is 11.3 Å². The summed E-state index contributed by atoms with van der Waals surface area (Å²) in [6.45, 7) is 7.59. The van der Waals surface area contributed by atoms with E-state index in [0.717, 1.165) is 53.7 Å². The second-order valence-corrected chi connectivity index (χ2v) is 8.84. The van der Waals surface area contributed by atoms with Crippen LogP contribution < -0.4 is 5.32 Å². The normalized spacial score (nSPS) is 16.0. The number of anilines is 1. The number of amides is 1. The van der Waals surface area contributed by atoms with Crippen molar-refractivity contribution in [2.45, 2.75) is 26.7 Å². The van der Waals surface area contributed by atoms with Gasteiger partial charge in [0.15, 0.2) is 0 Å². The average molecular weight is 395 g/mol. The van der Waals surface area contributed by atoms with E-state index in [4.69, 9.17) is 0 Å². The van der Waals surface area contributed by atoms with Crippen LogP contribution in [-0.4, -0.2) is 40.4 Å². The Kier molecular flexibility index (Phi) is 5.69. The highest BCUT2D eigenvalue weighted by Crippen LogP contribution is 2.28. The van der Waals surface area contributed by atoms with Gasteiger partial charge in [0.1, 0.15) is 5.82 Å². The Morgan fingerprint density at radius 3 is 2.75 bits per heavy atom. The first-order chi connectivity index (χ1) is 13.6. The molecule has 146 valence electrons. The smallest absolute Gasteiger partial charge is 0.228 e. The van der Waals surface area contributed by atoms with Crippen molar-refractivity contribution in [2.75, 3.05) is 25.0 Å². The highest BCUT2D eigenvalue weighted by molar-refractivity contribution is 7.13. The number of thiazole rings is 1. The first kappa shape index (κ1) is 19.0. The fourth-order valence-electron chi connectivity index (χ4n) is 3.84. The molecule has 1 aromatic carbocycles. The fraction of sp³-hybridized carbons (Fsp3) is 0.409. The van der Waals surface area contributed by atoms with E-state index in [9.17, 15) is 4.79 Å². The Balaban J connectivity index is 1.43. The van der Waals surface area contributed by atoms with Crippen molar-refractivity contribution < 1.29 is 4.79 Å². The highest BCUT2D eigenvalue weighted by Gasteiger charge is 2.25. The molecule has 0 aliphatic carbocycles. The zero-order valence-corrected chi connectivity index (χ0v) is 17.2. The molecule has 1 N–H and O–H groups in total. The Hall–Kier alpha value is -2.31. The second kappa shape index (κ2) is 8.37. The van der Waals surface area contributed by atoms with Crippen molar-refractivity contribution in [3.63, 3.8) is 0 Å². The molecule has 3 aromatic rings. The van der Waals surface area contributed by atoms with E-state index in [-0.39, 0.29) is 11.8 Å². The van der Waals surface area contributed by atoms with Gasteiger partial charge < -0.3 is 10.2 Å². The number of rotatable bonds is 5. The van der Waals surface area contributed by atoms with Crippen LogP contribution in [0.1, 0.15) is 26.7 Å². The summed E-state index contributed by atoms with van der Waals surface area (Å²) < 4.78 is 0. The molecule has 0 radical (unpaired) electrons. The topological polar surface area (TPSA) is 58.1 Å². The maximum Gasteiger partial charge on any atom is 0.228 e. The molecule has 1 aliphatic rings. The Bertz CT molecular complexity index is 946. The molecule has 1 aliphatic heterocycles. The van der Waals surface area contributed by atoms with Crippen LogP contribution in [0.5, 0.6) is 0 Å². The summed E-state index contributed by atoms with van der Waals surface area (Å²) in [6.07, 6.45) is 5.54. The monoisotopic (exact) mass is 394 g/mol. The largest absolute Gasteiger partial charge is 0.310 e. The Morgan fingerprint density at radius 1 is 1.21 bits per heavy atom. The predicted octanol–water partition coefficient (Wildman–Crippen LogP) is 4.66. The third kappa shape index (κ3) is 4.39. The molecule has 0 atom stereocenters. The minimum absolute atomic E-state index is 0.0736. The van der Waals surface area contributed by atoms with E-state index in [1.165, 1.54) is 0 Å². The molecule has 0 saturated carbocycles. The van der Waals surface area contributed by atoms with Gasteiger partial charge in [-0.25, -0.2) is 4.98 Å². The van der Waals surface area contributed by atoms with Gasteiger partial charge in [-0.3, -0.25) is 9.78 Å². The molecule has 0 unspecified atom stereocenters. The van der Waals surface area contributed by atoms with Crippen molar-refractivity contribution in [3.8, 4) is 10.4 Å². The van der Waals surface area contributed by atoms with Crippen molar-refractivity contribution in [3.05, 3.63) is 42.2 Å². The predicted molar refractivity (Wildman–Crippen MR) is 115 cm³/mol. The molecule has 28 heavy (non-hydrogen) atoms. The van der Waals surface area contributed by atoms with Crippen LogP contribution in [-0.2, 0) is 4.79 Å². The van der Waals surface area contributed by atoms with Gasteiger partial charge in [0, 0.05) is 30.2 Å². The summed E-state index contributed by atoms with van der Waals surface area (Å²) in [5.41, 5.74) is 2.97. The zero-order valence-electron chi connectivity index (χ0n) is 16.4. The number of piperidine rings is 1. The number of nitrogens with one attached hydrogen (secondary N) is 1. The summed E-state index contributed by atoms with van der Waals surface area (Å²) >= 11 is 1.62.